The van der Waals surface area contributed by atoms with Gasteiger partial charge in [-0.1, -0.05) is 281 Å². The number of aliphatic hydroxyl groups excluding tert-OH is 8. The van der Waals surface area contributed by atoms with Crippen molar-refractivity contribution in [1.82, 2.24) is 5.32 Å². The number of rotatable bonds is 56. The summed E-state index contributed by atoms with van der Waals surface area (Å²) >= 11 is 0. The Morgan fingerprint density at radius 3 is 1.28 bits per heavy atom. The second-order valence-corrected chi connectivity index (χ2v) is 24.3. The van der Waals surface area contributed by atoms with Gasteiger partial charge in [-0.3, -0.25) is 4.79 Å². The third kappa shape index (κ3) is 38.8. The van der Waals surface area contributed by atoms with Crippen LogP contribution >= 0.6 is 0 Å². The number of ether oxygens (including phenoxy) is 4. The molecule has 2 fully saturated rings. The smallest absolute Gasteiger partial charge is 0.220 e. The molecule has 0 aromatic heterocycles. The van der Waals surface area contributed by atoms with E-state index in [1.807, 2.05) is 0 Å². The SMILES string of the molecule is CC/C=C\C/C=C\C/C=C\C/C=C\CCCCCCCCCCC(=O)NC(COC1OC(CO)C(OC2OC(CO)C(O)C(O)C2O)C(O)C1O)C(O)CCCCCCCCCCCCCCCCCCCCCCCCCCCCCC. The monoisotopic (exact) mass is 1180 g/mol. The molecule has 0 radical (unpaired) electrons. The van der Waals surface area contributed by atoms with Crippen LogP contribution in [0.15, 0.2) is 48.6 Å². The van der Waals surface area contributed by atoms with Crippen molar-refractivity contribution >= 4 is 5.91 Å². The third-order valence-corrected chi connectivity index (χ3v) is 16.8. The van der Waals surface area contributed by atoms with E-state index in [9.17, 15) is 45.6 Å². The first-order valence-corrected chi connectivity index (χ1v) is 34.4. The van der Waals surface area contributed by atoms with E-state index >= 15 is 0 Å². The van der Waals surface area contributed by atoms with Gasteiger partial charge >= 0.3 is 0 Å². The van der Waals surface area contributed by atoms with E-state index in [-0.39, 0.29) is 12.5 Å². The van der Waals surface area contributed by atoms with Crippen LogP contribution in [0, 0.1) is 0 Å². The summed E-state index contributed by atoms with van der Waals surface area (Å²) in [5, 5.41) is 87.6. The van der Waals surface area contributed by atoms with Gasteiger partial charge in [0.25, 0.3) is 0 Å². The number of carbonyl (C=O) groups is 1. The highest BCUT2D eigenvalue weighted by Crippen LogP contribution is 2.30. The van der Waals surface area contributed by atoms with E-state index in [0.717, 1.165) is 77.0 Å². The Bertz CT molecular complexity index is 1580. The molecule has 9 N–H and O–H groups in total. The molecular weight excluding hydrogens is 1050 g/mol. The Hall–Kier alpha value is -2.05. The highest BCUT2D eigenvalue weighted by Gasteiger charge is 2.51. The van der Waals surface area contributed by atoms with Crippen molar-refractivity contribution in [1.29, 1.82) is 0 Å². The number of aliphatic hydroxyl groups is 8. The topological polar surface area (TPSA) is 228 Å². The van der Waals surface area contributed by atoms with Gasteiger partial charge in [-0.15, -0.1) is 0 Å². The van der Waals surface area contributed by atoms with Crippen LogP contribution in [0.2, 0.25) is 0 Å². The average molecular weight is 1180 g/mol. The number of hydrogen-bond donors (Lipinski definition) is 9. The summed E-state index contributed by atoms with van der Waals surface area (Å²) in [5.41, 5.74) is 0. The molecule has 2 saturated heterocycles. The van der Waals surface area contributed by atoms with Gasteiger partial charge in [0.05, 0.1) is 32.0 Å². The molecule has 1 amide bonds. The molecule has 486 valence electrons. The van der Waals surface area contributed by atoms with Gasteiger partial charge in [0.15, 0.2) is 12.6 Å². The molecular formula is C69H127NO13. The lowest BCUT2D eigenvalue weighted by Crippen LogP contribution is -2.65. The Morgan fingerprint density at radius 1 is 0.446 bits per heavy atom. The predicted octanol–water partition coefficient (Wildman–Crippen LogP) is 13.5. The van der Waals surface area contributed by atoms with Crippen molar-refractivity contribution in [2.24, 2.45) is 0 Å². The van der Waals surface area contributed by atoms with Crippen LogP contribution in [0.3, 0.4) is 0 Å². The Balaban J connectivity index is 1.68. The molecule has 0 saturated carbocycles. The molecule has 2 aliphatic rings. The summed E-state index contributed by atoms with van der Waals surface area (Å²) in [6.45, 7) is 2.78. The zero-order valence-electron chi connectivity index (χ0n) is 52.7. The average Bonchev–Trinajstić information content (AvgIpc) is 3.59. The maximum atomic E-state index is 13.3. The van der Waals surface area contributed by atoms with Crippen molar-refractivity contribution in [3.05, 3.63) is 48.6 Å². The number of nitrogens with one attached hydrogen (secondary N) is 1. The molecule has 14 heteroatoms. The van der Waals surface area contributed by atoms with Gasteiger partial charge in [-0.2, -0.15) is 0 Å². The van der Waals surface area contributed by atoms with Gasteiger partial charge in [0.2, 0.25) is 5.91 Å². The van der Waals surface area contributed by atoms with Crippen molar-refractivity contribution in [2.45, 2.75) is 364 Å². The fourth-order valence-corrected chi connectivity index (χ4v) is 11.3. The van der Waals surface area contributed by atoms with Crippen LogP contribution in [0.4, 0.5) is 0 Å². The van der Waals surface area contributed by atoms with Gasteiger partial charge in [0.1, 0.15) is 48.8 Å². The zero-order chi connectivity index (χ0) is 60.2. The maximum absolute atomic E-state index is 13.3. The van der Waals surface area contributed by atoms with E-state index in [0.29, 0.717) is 19.3 Å². The number of hydrogen-bond acceptors (Lipinski definition) is 13. The van der Waals surface area contributed by atoms with Crippen LogP contribution in [0.1, 0.15) is 290 Å². The van der Waals surface area contributed by atoms with Crippen molar-refractivity contribution in [3.8, 4) is 0 Å². The van der Waals surface area contributed by atoms with Crippen molar-refractivity contribution < 1.29 is 64.6 Å². The Labute approximate surface area is 505 Å². The molecule has 0 aromatic carbocycles. The summed E-state index contributed by atoms with van der Waals surface area (Å²) in [7, 11) is 0. The number of allylic oxidation sites excluding steroid dienone is 8. The molecule has 0 bridgehead atoms. The van der Waals surface area contributed by atoms with Crippen molar-refractivity contribution in [2.75, 3.05) is 19.8 Å². The van der Waals surface area contributed by atoms with Crippen LogP contribution in [-0.4, -0.2) is 140 Å². The first-order valence-electron chi connectivity index (χ1n) is 34.4. The Morgan fingerprint density at radius 2 is 0.831 bits per heavy atom. The Kier molecular flexibility index (Phi) is 50.2. The number of carbonyl (C=O) groups excluding carboxylic acids is 1. The fraction of sp³-hybridized carbons (Fsp3) is 0.870. The minimum absolute atomic E-state index is 0.213. The van der Waals surface area contributed by atoms with Crippen molar-refractivity contribution in [3.63, 3.8) is 0 Å². The first-order chi connectivity index (χ1) is 40.6. The summed E-state index contributed by atoms with van der Waals surface area (Å²) in [6, 6.07) is -0.836. The fourth-order valence-electron chi connectivity index (χ4n) is 11.3. The molecule has 12 unspecified atom stereocenters. The van der Waals surface area contributed by atoms with E-state index < -0.39 is 86.8 Å². The second kappa shape index (κ2) is 54.1. The zero-order valence-corrected chi connectivity index (χ0v) is 52.7. The van der Waals surface area contributed by atoms with Gasteiger partial charge in [-0.25, -0.2) is 0 Å². The van der Waals surface area contributed by atoms with Crippen LogP contribution in [-0.2, 0) is 23.7 Å². The van der Waals surface area contributed by atoms with E-state index in [2.05, 4.69) is 67.8 Å². The third-order valence-electron chi connectivity index (χ3n) is 16.8. The summed E-state index contributed by atoms with van der Waals surface area (Å²) in [4.78, 5) is 13.3. The predicted molar refractivity (Wildman–Crippen MR) is 337 cm³/mol. The highest BCUT2D eigenvalue weighted by atomic mass is 16.7. The lowest BCUT2D eigenvalue weighted by Gasteiger charge is -2.46. The van der Waals surface area contributed by atoms with Crippen LogP contribution in [0.25, 0.3) is 0 Å². The molecule has 83 heavy (non-hydrogen) atoms. The van der Waals surface area contributed by atoms with E-state index in [1.54, 1.807) is 0 Å². The van der Waals surface area contributed by atoms with Crippen LogP contribution < -0.4 is 5.32 Å². The van der Waals surface area contributed by atoms with Crippen LogP contribution in [0.5, 0.6) is 0 Å². The maximum Gasteiger partial charge on any atom is 0.220 e. The normalized spacial score (nSPS) is 24.1. The summed E-state index contributed by atoms with van der Waals surface area (Å²) in [6.07, 6.45) is 52.6. The molecule has 0 aromatic rings. The quantitative estimate of drug-likeness (QED) is 0.0204. The number of unbranched alkanes of at least 4 members (excludes halogenated alkanes) is 35. The summed E-state index contributed by atoms with van der Waals surface area (Å²) < 4.78 is 22.9. The molecule has 12 atom stereocenters. The molecule has 0 spiro atoms. The summed E-state index contributed by atoms with van der Waals surface area (Å²) in [5.74, 6) is -0.213. The number of amides is 1. The largest absolute Gasteiger partial charge is 0.394 e. The molecule has 0 aliphatic carbocycles. The highest BCUT2D eigenvalue weighted by molar-refractivity contribution is 5.76. The minimum Gasteiger partial charge on any atom is -0.394 e. The molecule has 2 aliphatic heterocycles. The molecule has 2 rings (SSSR count). The lowest BCUT2D eigenvalue weighted by atomic mass is 9.97. The minimum atomic E-state index is -1.79. The lowest BCUT2D eigenvalue weighted by molar-refractivity contribution is -0.359. The van der Waals surface area contributed by atoms with E-state index in [4.69, 9.17) is 18.9 Å². The molecule has 2 heterocycles. The van der Waals surface area contributed by atoms with Gasteiger partial charge in [0, 0.05) is 6.42 Å². The molecule has 14 nitrogen and oxygen atoms in total. The van der Waals surface area contributed by atoms with Gasteiger partial charge in [-0.05, 0) is 51.4 Å². The van der Waals surface area contributed by atoms with Gasteiger partial charge < -0.3 is 65.1 Å². The van der Waals surface area contributed by atoms with E-state index in [1.165, 1.54) is 180 Å². The first kappa shape index (κ1) is 77.0. The standard InChI is InChI=1S/C69H127NO13/c1-3-5-7-9-11-13-15-17-19-21-23-25-26-27-28-29-30-31-33-34-36-38-40-42-44-46-48-50-52-58(73)57(56-80-68-66(79)64(77)67(60(55-72)82-68)83-69-65(78)63(76)62(75)59(54-71)81-69)70-61(74)53-51-49-47-45-43-41-39-37-35-32-24-22-20-18-16-14-12-10-8-6-4-2/h6,8,12,14,18,20,24,32,57-60,62-69,71-73,75-79H,3-5,7,9-11,13,15-17,19,21-23,25-31,33-56H2,1-2H3,(H,70,74)/b8-6-,14-12-,20-18-,32-24-. The second-order valence-electron chi connectivity index (χ2n) is 24.3.